The minimum Gasteiger partial charge on any atom is -0.400 e. The molecule has 0 radical (unpaired) electrons. The molecule has 2 aliphatic carbocycles. The van der Waals surface area contributed by atoms with Gasteiger partial charge in [-0.3, -0.25) is 0 Å². The lowest BCUT2D eigenvalue weighted by atomic mass is 9.86. The Morgan fingerprint density at radius 3 is 2.29 bits per heavy atom. The zero-order chi connectivity index (χ0) is 10.8. The van der Waals surface area contributed by atoms with Crippen LogP contribution in [0.5, 0.6) is 0 Å². The van der Waals surface area contributed by atoms with Crippen molar-refractivity contribution >= 4 is 12.6 Å². The van der Waals surface area contributed by atoms with Gasteiger partial charge in [-0.1, -0.05) is 6.42 Å². The highest BCUT2D eigenvalue weighted by atomic mass is 32.1. The molecule has 0 aromatic rings. The predicted molar refractivity (Wildman–Crippen MR) is 55.6 cm³/mol. The Labute approximate surface area is 89.3 Å². The van der Waals surface area contributed by atoms with E-state index in [1.807, 2.05) is 0 Å². The molecule has 0 aromatic heterocycles. The van der Waals surface area contributed by atoms with Gasteiger partial charge in [0, 0.05) is 13.5 Å². The third-order valence-corrected chi connectivity index (χ3v) is 3.57. The summed E-state index contributed by atoms with van der Waals surface area (Å²) in [4.78, 5) is 0. The Kier molecular flexibility index (Phi) is 4.19. The van der Waals surface area contributed by atoms with Crippen molar-refractivity contribution in [3.63, 3.8) is 0 Å². The minimum absolute atomic E-state index is 0.00270. The molecule has 2 aliphatic rings. The van der Waals surface area contributed by atoms with Crippen LogP contribution in [-0.4, -0.2) is 17.5 Å². The van der Waals surface area contributed by atoms with Gasteiger partial charge in [-0.25, -0.2) is 0 Å². The molecule has 4 heteroatoms. The summed E-state index contributed by atoms with van der Waals surface area (Å²) in [5, 5.41) is 4.26. The van der Waals surface area contributed by atoms with Crippen LogP contribution in [0.25, 0.3) is 0 Å². The molecular weight excluding hydrogens is 206 g/mol. The van der Waals surface area contributed by atoms with Crippen molar-refractivity contribution in [2.24, 2.45) is 17.8 Å². The molecule has 2 rings (SSSR count). The van der Waals surface area contributed by atoms with Crippen LogP contribution in [0.3, 0.4) is 0 Å². The van der Waals surface area contributed by atoms with E-state index < -0.39 is 5.25 Å². The van der Waals surface area contributed by atoms with Gasteiger partial charge in [0.05, 0.1) is 0 Å². The molecule has 0 saturated heterocycles. The number of hydrogen-bond donors (Lipinski definition) is 2. The second-order valence-electron chi connectivity index (χ2n) is 4.30. The normalized spacial score (nSPS) is 35.4. The van der Waals surface area contributed by atoms with Crippen LogP contribution in [0.4, 0.5) is 8.78 Å². The smallest absolute Gasteiger partial charge is 0.291 e. The third-order valence-electron chi connectivity index (χ3n) is 3.39. The first kappa shape index (κ1) is 12.2. The Balaban J connectivity index is 0.000000461. The summed E-state index contributed by atoms with van der Waals surface area (Å²) in [5.74, 6) is 1.61. The second kappa shape index (κ2) is 4.79. The summed E-state index contributed by atoms with van der Waals surface area (Å²) < 4.78 is 25.1. The summed E-state index contributed by atoms with van der Waals surface area (Å²) in [6, 6.07) is 0. The van der Waals surface area contributed by atoms with Crippen molar-refractivity contribution in [3.8, 4) is 0 Å². The van der Waals surface area contributed by atoms with E-state index >= 15 is 0 Å². The van der Waals surface area contributed by atoms with Gasteiger partial charge in [0.15, 0.2) is 0 Å². The standard InChI is InChI=1S/C9H14F2S.CH4O/c10-9(11,12)5-8-4-6-1-2-7(8)3-6;1-2/h6-8,12H,1-5H2;2H,1H3. The average molecular weight is 224 g/mol. The molecule has 0 amide bonds. The Hall–Kier alpha value is 0.170. The number of hydrogen-bond acceptors (Lipinski definition) is 2. The molecular formula is C10H18F2OS. The summed E-state index contributed by atoms with van der Waals surface area (Å²) >= 11 is 3.29. The van der Waals surface area contributed by atoms with E-state index in [1.54, 1.807) is 0 Å². The number of thiol groups is 1. The van der Waals surface area contributed by atoms with E-state index in [9.17, 15) is 8.78 Å². The van der Waals surface area contributed by atoms with E-state index in [2.05, 4.69) is 12.6 Å². The number of alkyl halides is 2. The summed E-state index contributed by atoms with van der Waals surface area (Å²) in [5.41, 5.74) is 0. The van der Waals surface area contributed by atoms with Gasteiger partial charge in [0.25, 0.3) is 5.25 Å². The monoisotopic (exact) mass is 224 g/mol. The molecule has 0 aromatic carbocycles. The van der Waals surface area contributed by atoms with Crippen molar-refractivity contribution in [2.45, 2.75) is 37.4 Å². The van der Waals surface area contributed by atoms with Crippen LogP contribution in [0.2, 0.25) is 0 Å². The van der Waals surface area contributed by atoms with E-state index in [0.29, 0.717) is 5.92 Å². The molecule has 84 valence electrons. The van der Waals surface area contributed by atoms with Gasteiger partial charge in [-0.15, -0.1) is 12.6 Å². The molecule has 3 atom stereocenters. The van der Waals surface area contributed by atoms with E-state index in [1.165, 1.54) is 19.3 Å². The Morgan fingerprint density at radius 2 is 1.93 bits per heavy atom. The Morgan fingerprint density at radius 1 is 1.29 bits per heavy atom. The van der Waals surface area contributed by atoms with Gasteiger partial charge < -0.3 is 5.11 Å². The van der Waals surface area contributed by atoms with E-state index in [4.69, 9.17) is 5.11 Å². The fraction of sp³-hybridized carbons (Fsp3) is 1.00. The van der Waals surface area contributed by atoms with Crippen LogP contribution in [0.15, 0.2) is 0 Å². The zero-order valence-corrected chi connectivity index (χ0v) is 9.31. The topological polar surface area (TPSA) is 20.2 Å². The van der Waals surface area contributed by atoms with Crippen molar-refractivity contribution < 1.29 is 13.9 Å². The molecule has 0 aliphatic heterocycles. The average Bonchev–Trinajstić information content (AvgIpc) is 2.65. The fourth-order valence-electron chi connectivity index (χ4n) is 2.94. The summed E-state index contributed by atoms with van der Waals surface area (Å²) in [6.45, 7) is 0. The lowest BCUT2D eigenvalue weighted by molar-refractivity contribution is 0.0647. The van der Waals surface area contributed by atoms with E-state index in [0.717, 1.165) is 19.4 Å². The molecule has 1 nitrogen and oxygen atoms in total. The van der Waals surface area contributed by atoms with Gasteiger partial charge >= 0.3 is 0 Å². The maximum Gasteiger partial charge on any atom is 0.291 e. The van der Waals surface area contributed by atoms with Crippen LogP contribution >= 0.6 is 12.6 Å². The van der Waals surface area contributed by atoms with Gasteiger partial charge in [-0.2, -0.15) is 8.78 Å². The molecule has 0 heterocycles. The first-order valence-corrected chi connectivity index (χ1v) is 5.54. The van der Waals surface area contributed by atoms with Crippen molar-refractivity contribution in [2.75, 3.05) is 7.11 Å². The number of fused-ring (bicyclic) bond motifs is 2. The maximum atomic E-state index is 12.6. The minimum atomic E-state index is -2.74. The fourth-order valence-corrected chi connectivity index (χ4v) is 3.18. The molecule has 14 heavy (non-hydrogen) atoms. The van der Waals surface area contributed by atoms with Gasteiger partial charge in [0.2, 0.25) is 0 Å². The number of aliphatic hydroxyl groups is 1. The largest absolute Gasteiger partial charge is 0.400 e. The predicted octanol–water partition coefficient (Wildman–Crippen LogP) is 2.94. The van der Waals surface area contributed by atoms with Crippen molar-refractivity contribution in [3.05, 3.63) is 0 Å². The second-order valence-corrected chi connectivity index (χ2v) is 4.96. The van der Waals surface area contributed by atoms with Crippen LogP contribution < -0.4 is 0 Å². The quantitative estimate of drug-likeness (QED) is 0.691. The highest BCUT2D eigenvalue weighted by Gasteiger charge is 2.43. The highest BCUT2D eigenvalue weighted by Crippen LogP contribution is 2.51. The maximum absolute atomic E-state index is 12.6. The lowest BCUT2D eigenvalue weighted by Crippen LogP contribution is -2.19. The summed E-state index contributed by atoms with van der Waals surface area (Å²) in [7, 11) is 1.00. The molecule has 2 saturated carbocycles. The summed E-state index contributed by atoms with van der Waals surface area (Å²) in [6.07, 6.45) is 4.69. The molecule has 0 spiro atoms. The number of aliphatic hydroxyl groups excluding tert-OH is 1. The SMILES string of the molecule is CO.FC(F)(S)CC1CC2CCC1C2. The third kappa shape index (κ3) is 3.09. The van der Waals surface area contributed by atoms with Crippen LogP contribution in [0.1, 0.15) is 32.1 Å². The van der Waals surface area contributed by atoms with E-state index in [-0.39, 0.29) is 12.3 Å². The number of halogens is 2. The molecule has 2 bridgehead atoms. The lowest BCUT2D eigenvalue weighted by Gasteiger charge is -2.23. The van der Waals surface area contributed by atoms with Gasteiger partial charge in [-0.05, 0) is 37.0 Å². The van der Waals surface area contributed by atoms with Crippen LogP contribution in [0, 0.1) is 17.8 Å². The molecule has 2 fully saturated rings. The first-order chi connectivity index (χ1) is 6.54. The van der Waals surface area contributed by atoms with Crippen LogP contribution in [-0.2, 0) is 0 Å². The van der Waals surface area contributed by atoms with Crippen molar-refractivity contribution in [1.29, 1.82) is 0 Å². The zero-order valence-electron chi connectivity index (χ0n) is 8.42. The highest BCUT2D eigenvalue weighted by molar-refractivity contribution is 7.81. The first-order valence-electron chi connectivity index (χ1n) is 5.09. The number of rotatable bonds is 2. The van der Waals surface area contributed by atoms with Crippen molar-refractivity contribution in [1.82, 2.24) is 0 Å². The molecule has 1 N–H and O–H groups in total. The Bertz CT molecular complexity index is 181. The van der Waals surface area contributed by atoms with Gasteiger partial charge in [0.1, 0.15) is 0 Å². The molecule has 3 unspecified atom stereocenters.